The Morgan fingerprint density at radius 3 is 1.00 bits per heavy atom. The van der Waals surface area contributed by atoms with E-state index >= 15 is 0 Å². The van der Waals surface area contributed by atoms with Gasteiger partial charge in [-0.2, -0.15) is 0 Å². The second-order valence-corrected chi connectivity index (χ2v) is 21.8. The number of hydrogen-bond donors (Lipinski definition) is 0. The average molecular weight is 808 g/mol. The van der Waals surface area contributed by atoms with Crippen LogP contribution in [0.25, 0.3) is 0 Å². The Labute approximate surface area is 343 Å². The standard InChI is InChI=1S/C45H81N3O9/c1-19-43(13,14)30-33(45(17,18)21-3)36(51)57-27-24-48-38(53)46(22-25-55-34(49)31(42(10,11)12)28-40(4,5)6)37(52)47(39(48)54)23-26-56-35(50)32(29-41(7,8)9)44(15,16)20-2/h31-33H,19-30H2,1-18H3. The maximum absolute atomic E-state index is 13.9. The molecule has 1 aromatic rings. The summed E-state index contributed by atoms with van der Waals surface area (Å²) in [5.74, 6) is -2.54. The van der Waals surface area contributed by atoms with Gasteiger partial charge < -0.3 is 14.2 Å². The third-order valence-corrected chi connectivity index (χ3v) is 12.0. The average Bonchev–Trinajstić information content (AvgIpc) is 3.07. The molecule has 1 heterocycles. The zero-order chi connectivity index (χ0) is 44.5. The van der Waals surface area contributed by atoms with Gasteiger partial charge in [-0.05, 0) is 51.8 Å². The maximum atomic E-state index is 13.9. The third-order valence-electron chi connectivity index (χ3n) is 12.0. The van der Waals surface area contributed by atoms with E-state index in [-0.39, 0.29) is 66.5 Å². The van der Waals surface area contributed by atoms with Gasteiger partial charge in [-0.25, -0.2) is 28.1 Å². The molecule has 1 aromatic heterocycles. The van der Waals surface area contributed by atoms with Crippen molar-refractivity contribution in [2.24, 2.45) is 50.2 Å². The molecule has 0 bridgehead atoms. The van der Waals surface area contributed by atoms with Gasteiger partial charge in [0.05, 0.1) is 37.4 Å². The Bertz CT molecular complexity index is 1670. The largest absolute Gasteiger partial charge is 0.464 e. The number of esters is 3. The van der Waals surface area contributed by atoms with Gasteiger partial charge in [-0.3, -0.25) is 14.4 Å². The van der Waals surface area contributed by atoms with Crippen LogP contribution in [0, 0.1) is 50.2 Å². The van der Waals surface area contributed by atoms with Crippen LogP contribution in [0.5, 0.6) is 0 Å². The van der Waals surface area contributed by atoms with Crippen molar-refractivity contribution >= 4 is 17.9 Å². The summed E-state index contributed by atoms with van der Waals surface area (Å²) in [4.78, 5) is 82.0. The zero-order valence-electron chi connectivity index (χ0n) is 39.2. The fraction of sp³-hybridized carbons (Fsp3) is 0.867. The molecule has 12 heteroatoms. The summed E-state index contributed by atoms with van der Waals surface area (Å²) in [5, 5.41) is 0. The first-order valence-electron chi connectivity index (χ1n) is 21.2. The van der Waals surface area contributed by atoms with Crippen molar-refractivity contribution in [1.82, 2.24) is 13.7 Å². The summed E-state index contributed by atoms with van der Waals surface area (Å²) in [6, 6.07) is 0. The number of hydrogen-bond acceptors (Lipinski definition) is 9. The first-order chi connectivity index (χ1) is 25.7. The number of nitrogens with zero attached hydrogens (tertiary/aromatic N) is 3. The van der Waals surface area contributed by atoms with Gasteiger partial charge in [0, 0.05) is 0 Å². The lowest BCUT2D eigenvalue weighted by Crippen LogP contribution is -2.55. The van der Waals surface area contributed by atoms with Crippen LogP contribution in [0.15, 0.2) is 14.4 Å². The summed E-state index contributed by atoms with van der Waals surface area (Å²) < 4.78 is 19.7. The Morgan fingerprint density at radius 2 is 0.737 bits per heavy atom. The molecule has 57 heavy (non-hydrogen) atoms. The molecule has 0 aliphatic rings. The fourth-order valence-corrected chi connectivity index (χ4v) is 6.79. The minimum absolute atomic E-state index is 0.109. The molecule has 0 fully saturated rings. The number of aromatic nitrogens is 3. The smallest absolute Gasteiger partial charge is 0.336 e. The van der Waals surface area contributed by atoms with E-state index in [4.69, 9.17) is 14.2 Å². The topological polar surface area (TPSA) is 145 Å². The predicted octanol–water partition coefficient (Wildman–Crippen LogP) is 8.27. The Balaban J connectivity index is 3.57. The molecule has 0 radical (unpaired) electrons. The molecule has 0 aliphatic heterocycles. The number of rotatable bonds is 21. The van der Waals surface area contributed by atoms with E-state index < -0.39 is 58.1 Å². The van der Waals surface area contributed by atoms with E-state index in [1.807, 2.05) is 83.1 Å². The van der Waals surface area contributed by atoms with Gasteiger partial charge in [0.2, 0.25) is 0 Å². The van der Waals surface area contributed by atoms with Gasteiger partial charge in [-0.15, -0.1) is 0 Å². The van der Waals surface area contributed by atoms with Crippen LogP contribution in [0.4, 0.5) is 0 Å². The van der Waals surface area contributed by atoms with Crippen LogP contribution < -0.4 is 17.1 Å². The van der Waals surface area contributed by atoms with Crippen molar-refractivity contribution in [1.29, 1.82) is 0 Å². The van der Waals surface area contributed by atoms with Crippen LogP contribution >= 0.6 is 0 Å². The van der Waals surface area contributed by atoms with E-state index in [1.165, 1.54) is 0 Å². The minimum atomic E-state index is -0.918. The van der Waals surface area contributed by atoms with Crippen molar-refractivity contribution < 1.29 is 28.6 Å². The van der Waals surface area contributed by atoms with Crippen molar-refractivity contribution in [2.75, 3.05) is 19.8 Å². The monoisotopic (exact) mass is 808 g/mol. The summed E-state index contributed by atoms with van der Waals surface area (Å²) in [6.45, 7) is 34.9. The number of carbonyl (C=O) groups is 3. The molecular formula is C45H81N3O9. The van der Waals surface area contributed by atoms with Gasteiger partial charge in [0.15, 0.2) is 0 Å². The summed E-state index contributed by atoms with van der Waals surface area (Å²) in [5.41, 5.74) is -4.27. The van der Waals surface area contributed by atoms with Crippen LogP contribution in [-0.2, 0) is 48.2 Å². The normalized spacial score (nSPS) is 14.8. The summed E-state index contributed by atoms with van der Waals surface area (Å²) in [6.07, 6.45) is 4.13. The lowest BCUT2D eigenvalue weighted by atomic mass is 9.68. The molecule has 0 spiro atoms. The van der Waals surface area contributed by atoms with Crippen molar-refractivity contribution in [3.05, 3.63) is 31.5 Å². The Hall–Kier alpha value is -3.18. The maximum Gasteiger partial charge on any atom is 0.336 e. The molecule has 3 unspecified atom stereocenters. The molecular weight excluding hydrogens is 727 g/mol. The molecule has 0 saturated heterocycles. The van der Waals surface area contributed by atoms with Crippen LogP contribution in [0.2, 0.25) is 0 Å². The summed E-state index contributed by atoms with van der Waals surface area (Å²) >= 11 is 0. The highest BCUT2D eigenvalue weighted by Crippen LogP contribution is 2.42. The number of ether oxygens (including phenoxy) is 3. The van der Waals surface area contributed by atoms with Crippen LogP contribution in [0.1, 0.15) is 163 Å². The lowest BCUT2D eigenvalue weighted by molar-refractivity contribution is -0.155. The van der Waals surface area contributed by atoms with Gasteiger partial charge in [0.1, 0.15) is 19.8 Å². The SMILES string of the molecule is CCC(C)(C)CC(C(=O)OCCn1c(=O)n(CCOC(=O)C(CC(C)(C)C)C(C)(C)C)c(=O)n(CCOC(=O)C(CC(C)(C)C)C(C)(C)CC)c1=O)C(C)(C)CC. The van der Waals surface area contributed by atoms with E-state index in [1.54, 1.807) is 0 Å². The quantitative estimate of drug-likeness (QED) is 0.0886. The lowest BCUT2D eigenvalue weighted by Gasteiger charge is -2.37. The molecule has 3 atom stereocenters. The van der Waals surface area contributed by atoms with Gasteiger partial charge in [0.25, 0.3) is 0 Å². The first kappa shape index (κ1) is 51.8. The van der Waals surface area contributed by atoms with Crippen LogP contribution in [0.3, 0.4) is 0 Å². The van der Waals surface area contributed by atoms with E-state index in [0.717, 1.165) is 33.0 Å². The molecule has 0 N–H and O–H groups in total. The van der Waals surface area contributed by atoms with Crippen molar-refractivity contribution in [3.8, 4) is 0 Å². The Morgan fingerprint density at radius 1 is 0.456 bits per heavy atom. The summed E-state index contributed by atoms with van der Waals surface area (Å²) in [7, 11) is 0. The fourth-order valence-electron chi connectivity index (χ4n) is 6.79. The molecule has 330 valence electrons. The molecule has 1 rings (SSSR count). The highest BCUT2D eigenvalue weighted by molar-refractivity contribution is 5.74. The Kier molecular flexibility index (Phi) is 18.4. The third kappa shape index (κ3) is 15.8. The molecule has 0 saturated carbocycles. The van der Waals surface area contributed by atoms with Crippen molar-refractivity contribution in [2.45, 2.75) is 183 Å². The predicted molar refractivity (Wildman–Crippen MR) is 227 cm³/mol. The second kappa shape index (κ2) is 20.2. The van der Waals surface area contributed by atoms with E-state index in [9.17, 15) is 28.8 Å². The van der Waals surface area contributed by atoms with Gasteiger partial charge >= 0.3 is 35.0 Å². The molecule has 12 nitrogen and oxygen atoms in total. The van der Waals surface area contributed by atoms with Crippen molar-refractivity contribution in [3.63, 3.8) is 0 Å². The van der Waals surface area contributed by atoms with E-state index in [0.29, 0.717) is 19.3 Å². The molecule has 0 aromatic carbocycles. The highest BCUT2D eigenvalue weighted by Gasteiger charge is 2.40. The minimum Gasteiger partial charge on any atom is -0.464 e. The van der Waals surface area contributed by atoms with Crippen LogP contribution in [-0.4, -0.2) is 51.4 Å². The van der Waals surface area contributed by atoms with Gasteiger partial charge in [-0.1, -0.05) is 144 Å². The van der Waals surface area contributed by atoms with E-state index in [2.05, 4.69) is 41.5 Å². The molecule has 0 aliphatic carbocycles. The molecule has 0 amide bonds. The first-order valence-corrected chi connectivity index (χ1v) is 21.2. The zero-order valence-corrected chi connectivity index (χ0v) is 39.2. The second-order valence-electron chi connectivity index (χ2n) is 21.8. The highest BCUT2D eigenvalue weighted by atomic mass is 16.5. The number of carbonyl (C=O) groups excluding carboxylic acids is 3.